The van der Waals surface area contributed by atoms with Crippen LogP contribution in [0.25, 0.3) is 0 Å². The lowest BCUT2D eigenvalue weighted by molar-refractivity contribution is -0.115. The van der Waals surface area contributed by atoms with Gasteiger partial charge in [0.25, 0.3) is 0 Å². The van der Waals surface area contributed by atoms with Crippen LogP contribution < -0.4 is 0 Å². The second-order valence-electron chi connectivity index (χ2n) is 3.88. The van der Waals surface area contributed by atoms with Gasteiger partial charge in [-0.1, -0.05) is 12.6 Å². The summed E-state index contributed by atoms with van der Waals surface area (Å²) >= 11 is 0. The van der Waals surface area contributed by atoms with Crippen molar-refractivity contribution in [1.29, 1.82) is 0 Å². The van der Waals surface area contributed by atoms with Crippen LogP contribution >= 0.6 is 0 Å². The van der Waals surface area contributed by atoms with E-state index in [4.69, 9.17) is 5.11 Å². The van der Waals surface area contributed by atoms with E-state index in [0.29, 0.717) is 18.4 Å². The fourth-order valence-corrected chi connectivity index (χ4v) is 1.39. The Morgan fingerprint density at radius 2 is 2.00 bits per heavy atom. The van der Waals surface area contributed by atoms with E-state index >= 15 is 0 Å². The Morgan fingerprint density at radius 3 is 2.56 bits per heavy atom. The number of ketones is 1. The summed E-state index contributed by atoms with van der Waals surface area (Å²) in [5.74, 6) is -0.173. The van der Waals surface area contributed by atoms with Gasteiger partial charge in [-0.05, 0) is 43.0 Å². The van der Waals surface area contributed by atoms with Gasteiger partial charge in [0.05, 0.1) is 0 Å². The zero-order valence-corrected chi connectivity index (χ0v) is 9.36. The number of phenolic OH excluding ortho intramolecular Hbond substituents is 2. The van der Waals surface area contributed by atoms with Gasteiger partial charge in [0, 0.05) is 6.42 Å². The summed E-state index contributed by atoms with van der Waals surface area (Å²) in [6.07, 6.45) is 1.89. The van der Waals surface area contributed by atoms with Crippen LogP contribution in [-0.4, -0.2) is 16.0 Å². The van der Waals surface area contributed by atoms with Gasteiger partial charge in [-0.15, -0.1) is 0 Å². The van der Waals surface area contributed by atoms with Crippen LogP contribution in [0, 0.1) is 0 Å². The molecule has 0 radical (unpaired) electrons. The standard InChI is InChI=1S/C13H16O3/c1-9(2)11(14)5-3-4-10-6-7-12(15)13(16)8-10/h6-8,15-16H,1,3-5H2,2H3. The lowest BCUT2D eigenvalue weighted by Crippen LogP contribution is -1.99. The van der Waals surface area contributed by atoms with Gasteiger partial charge in [-0.3, -0.25) is 4.79 Å². The maximum absolute atomic E-state index is 11.3. The highest BCUT2D eigenvalue weighted by molar-refractivity contribution is 5.94. The molecule has 86 valence electrons. The minimum absolute atomic E-state index is 0.0722. The summed E-state index contributed by atoms with van der Waals surface area (Å²) in [5, 5.41) is 18.4. The summed E-state index contributed by atoms with van der Waals surface area (Å²) in [6.45, 7) is 5.29. The molecule has 0 aliphatic rings. The van der Waals surface area contributed by atoms with E-state index in [1.807, 2.05) is 0 Å². The van der Waals surface area contributed by atoms with E-state index in [1.54, 1.807) is 13.0 Å². The Balaban J connectivity index is 2.46. The second-order valence-corrected chi connectivity index (χ2v) is 3.88. The van der Waals surface area contributed by atoms with E-state index in [1.165, 1.54) is 12.1 Å². The quantitative estimate of drug-likeness (QED) is 0.592. The van der Waals surface area contributed by atoms with Crippen molar-refractivity contribution in [2.24, 2.45) is 0 Å². The Bertz CT molecular complexity index is 408. The number of hydrogen-bond donors (Lipinski definition) is 2. The molecular formula is C13H16O3. The van der Waals surface area contributed by atoms with Crippen LogP contribution in [0.4, 0.5) is 0 Å². The van der Waals surface area contributed by atoms with Crippen molar-refractivity contribution in [1.82, 2.24) is 0 Å². The molecule has 0 aliphatic heterocycles. The Labute approximate surface area is 95.0 Å². The summed E-state index contributed by atoms with van der Waals surface area (Å²) < 4.78 is 0. The van der Waals surface area contributed by atoms with Gasteiger partial charge in [0.2, 0.25) is 0 Å². The highest BCUT2D eigenvalue weighted by atomic mass is 16.3. The third kappa shape index (κ3) is 3.42. The van der Waals surface area contributed by atoms with Crippen molar-refractivity contribution in [3.05, 3.63) is 35.9 Å². The van der Waals surface area contributed by atoms with Gasteiger partial charge in [0.15, 0.2) is 17.3 Å². The number of carbonyl (C=O) groups excluding carboxylic acids is 1. The fraction of sp³-hybridized carbons (Fsp3) is 0.308. The maximum atomic E-state index is 11.3. The van der Waals surface area contributed by atoms with E-state index in [2.05, 4.69) is 6.58 Å². The number of hydrogen-bond acceptors (Lipinski definition) is 3. The number of phenols is 2. The predicted octanol–water partition coefficient (Wildman–Crippen LogP) is 2.57. The molecule has 0 saturated heterocycles. The van der Waals surface area contributed by atoms with Crippen LogP contribution in [0.3, 0.4) is 0 Å². The SMILES string of the molecule is C=C(C)C(=O)CCCc1ccc(O)c(O)c1. The molecule has 0 heterocycles. The summed E-state index contributed by atoms with van der Waals surface area (Å²) in [7, 11) is 0. The molecule has 1 rings (SSSR count). The molecule has 0 aliphatic carbocycles. The van der Waals surface area contributed by atoms with Crippen LogP contribution in [0.5, 0.6) is 11.5 Å². The highest BCUT2D eigenvalue weighted by Gasteiger charge is 2.04. The average Bonchev–Trinajstić information content (AvgIpc) is 2.23. The van der Waals surface area contributed by atoms with Gasteiger partial charge in [0.1, 0.15) is 0 Å². The lowest BCUT2D eigenvalue weighted by atomic mass is 10.0. The first-order valence-electron chi connectivity index (χ1n) is 5.20. The van der Waals surface area contributed by atoms with Crippen LogP contribution in [0.1, 0.15) is 25.3 Å². The Kier molecular flexibility index (Phi) is 4.11. The number of aryl methyl sites for hydroxylation is 1. The zero-order valence-electron chi connectivity index (χ0n) is 9.36. The van der Waals surface area contributed by atoms with E-state index in [-0.39, 0.29) is 17.3 Å². The Morgan fingerprint density at radius 1 is 1.31 bits per heavy atom. The molecule has 0 spiro atoms. The van der Waals surface area contributed by atoms with Crippen LogP contribution in [0.15, 0.2) is 30.4 Å². The molecule has 0 fully saturated rings. The normalized spacial score (nSPS) is 10.1. The van der Waals surface area contributed by atoms with Crippen molar-refractivity contribution in [2.75, 3.05) is 0 Å². The molecule has 0 bridgehead atoms. The third-order valence-corrected chi connectivity index (χ3v) is 2.39. The molecular weight excluding hydrogens is 204 g/mol. The fourth-order valence-electron chi connectivity index (χ4n) is 1.39. The molecule has 3 heteroatoms. The first-order chi connectivity index (χ1) is 7.50. The van der Waals surface area contributed by atoms with Crippen molar-refractivity contribution >= 4 is 5.78 Å². The summed E-state index contributed by atoms with van der Waals surface area (Å²) in [4.78, 5) is 11.3. The van der Waals surface area contributed by atoms with Crippen LogP contribution in [-0.2, 0) is 11.2 Å². The minimum atomic E-state index is -0.123. The smallest absolute Gasteiger partial charge is 0.157 e. The summed E-state index contributed by atoms with van der Waals surface area (Å²) in [6, 6.07) is 4.70. The van der Waals surface area contributed by atoms with Gasteiger partial charge in [-0.2, -0.15) is 0 Å². The molecule has 2 N–H and O–H groups in total. The molecule has 0 atom stereocenters. The summed E-state index contributed by atoms with van der Waals surface area (Å²) in [5.41, 5.74) is 1.48. The first-order valence-corrected chi connectivity index (χ1v) is 5.20. The zero-order chi connectivity index (χ0) is 12.1. The molecule has 0 aromatic heterocycles. The van der Waals surface area contributed by atoms with Crippen molar-refractivity contribution < 1.29 is 15.0 Å². The molecule has 0 unspecified atom stereocenters. The molecule has 16 heavy (non-hydrogen) atoms. The highest BCUT2D eigenvalue weighted by Crippen LogP contribution is 2.25. The monoisotopic (exact) mass is 220 g/mol. The van der Waals surface area contributed by atoms with E-state index in [0.717, 1.165) is 12.0 Å². The third-order valence-electron chi connectivity index (χ3n) is 2.39. The topological polar surface area (TPSA) is 57.5 Å². The molecule has 0 saturated carbocycles. The van der Waals surface area contributed by atoms with E-state index < -0.39 is 0 Å². The van der Waals surface area contributed by atoms with Crippen molar-refractivity contribution in [3.8, 4) is 11.5 Å². The van der Waals surface area contributed by atoms with Gasteiger partial charge >= 0.3 is 0 Å². The predicted molar refractivity (Wildman–Crippen MR) is 62.5 cm³/mol. The lowest BCUT2D eigenvalue weighted by Gasteiger charge is -2.03. The Hall–Kier alpha value is -1.77. The first kappa shape index (κ1) is 12.3. The number of aromatic hydroxyl groups is 2. The largest absolute Gasteiger partial charge is 0.504 e. The second kappa shape index (κ2) is 5.35. The maximum Gasteiger partial charge on any atom is 0.157 e. The number of benzene rings is 1. The number of rotatable bonds is 5. The molecule has 1 aromatic rings. The molecule has 1 aromatic carbocycles. The number of allylic oxidation sites excluding steroid dienone is 1. The average molecular weight is 220 g/mol. The van der Waals surface area contributed by atoms with Crippen molar-refractivity contribution in [3.63, 3.8) is 0 Å². The molecule has 0 amide bonds. The van der Waals surface area contributed by atoms with Crippen LogP contribution in [0.2, 0.25) is 0 Å². The number of carbonyl (C=O) groups is 1. The molecule has 3 nitrogen and oxygen atoms in total. The van der Waals surface area contributed by atoms with Gasteiger partial charge in [-0.25, -0.2) is 0 Å². The number of Topliss-reactive ketones (excluding diaryl/α,β-unsaturated/α-hetero) is 1. The van der Waals surface area contributed by atoms with E-state index in [9.17, 15) is 9.90 Å². The van der Waals surface area contributed by atoms with Crippen molar-refractivity contribution in [2.45, 2.75) is 26.2 Å². The van der Waals surface area contributed by atoms with Gasteiger partial charge < -0.3 is 10.2 Å². The minimum Gasteiger partial charge on any atom is -0.504 e.